The van der Waals surface area contributed by atoms with Crippen molar-refractivity contribution in [3.8, 4) is 11.5 Å². The molecule has 0 spiro atoms. The number of aryl methyl sites for hydroxylation is 1. The van der Waals surface area contributed by atoms with Crippen molar-refractivity contribution in [2.45, 2.75) is 37.3 Å². The third kappa shape index (κ3) is 5.83. The highest BCUT2D eigenvalue weighted by Crippen LogP contribution is 2.29. The molecule has 152 valence electrons. The minimum Gasteiger partial charge on any atom is -0.497 e. The zero-order valence-corrected chi connectivity index (χ0v) is 18.1. The number of aromatic nitrogens is 2. The highest BCUT2D eigenvalue weighted by molar-refractivity contribution is 8.01. The highest BCUT2D eigenvalue weighted by atomic mass is 32.2. The van der Waals surface area contributed by atoms with Crippen LogP contribution in [0.5, 0.6) is 11.5 Å². The van der Waals surface area contributed by atoms with Gasteiger partial charge in [-0.25, -0.2) is 0 Å². The zero-order valence-electron chi connectivity index (χ0n) is 16.4. The summed E-state index contributed by atoms with van der Waals surface area (Å²) in [5.41, 5.74) is 1.11. The van der Waals surface area contributed by atoms with Gasteiger partial charge in [-0.3, -0.25) is 9.69 Å². The molecular weight excluding hydrogens is 396 g/mol. The smallest absolute Gasteiger partial charge is 0.230 e. The van der Waals surface area contributed by atoms with Crippen LogP contribution in [0.15, 0.2) is 22.5 Å². The van der Waals surface area contributed by atoms with Crippen LogP contribution in [0.3, 0.4) is 0 Å². The number of nitrogens with zero attached hydrogens (tertiary/aromatic N) is 3. The summed E-state index contributed by atoms with van der Waals surface area (Å²) in [5.74, 6) is 2.12. The van der Waals surface area contributed by atoms with Crippen LogP contribution in [0.2, 0.25) is 0 Å². The van der Waals surface area contributed by atoms with Crippen LogP contribution < -0.4 is 14.8 Å². The van der Waals surface area contributed by atoms with Gasteiger partial charge in [-0.05, 0) is 31.5 Å². The Morgan fingerprint density at radius 3 is 3.04 bits per heavy atom. The quantitative estimate of drug-likeness (QED) is 0.656. The van der Waals surface area contributed by atoms with Crippen LogP contribution in [0.1, 0.15) is 23.9 Å². The molecule has 28 heavy (non-hydrogen) atoms. The maximum absolute atomic E-state index is 12.1. The van der Waals surface area contributed by atoms with Crippen LogP contribution in [-0.2, 0) is 11.3 Å². The first-order valence-corrected chi connectivity index (χ1v) is 11.1. The topological polar surface area (TPSA) is 76.6 Å². The second-order valence-corrected chi connectivity index (χ2v) is 8.99. The molecule has 1 N–H and O–H groups in total. The lowest BCUT2D eigenvalue weighted by atomic mass is 10.2. The number of nitrogens with one attached hydrogen (secondary N) is 1. The summed E-state index contributed by atoms with van der Waals surface area (Å²) in [7, 11) is 1.67. The van der Waals surface area contributed by atoms with Gasteiger partial charge in [0.25, 0.3) is 0 Å². The van der Waals surface area contributed by atoms with Gasteiger partial charge >= 0.3 is 0 Å². The van der Waals surface area contributed by atoms with Crippen molar-refractivity contribution in [3.05, 3.63) is 28.8 Å². The first kappa shape index (κ1) is 20.9. The Morgan fingerprint density at radius 2 is 2.32 bits per heavy atom. The molecule has 2 aromatic rings. The molecule has 3 rings (SSSR count). The van der Waals surface area contributed by atoms with Gasteiger partial charge in [0.2, 0.25) is 5.91 Å². The van der Waals surface area contributed by atoms with Gasteiger partial charge in [0.05, 0.1) is 12.9 Å². The zero-order chi connectivity index (χ0) is 19.9. The van der Waals surface area contributed by atoms with Crippen molar-refractivity contribution in [1.29, 1.82) is 0 Å². The number of benzene rings is 1. The molecule has 0 unspecified atom stereocenters. The van der Waals surface area contributed by atoms with Crippen molar-refractivity contribution in [2.75, 3.05) is 32.5 Å². The second kappa shape index (κ2) is 10.1. The van der Waals surface area contributed by atoms with Crippen molar-refractivity contribution in [1.82, 2.24) is 20.4 Å². The molecule has 2 heterocycles. The summed E-state index contributed by atoms with van der Waals surface area (Å²) >= 11 is 2.93. The van der Waals surface area contributed by atoms with E-state index in [0.29, 0.717) is 12.3 Å². The highest BCUT2D eigenvalue weighted by Gasteiger charge is 2.22. The number of amides is 1. The monoisotopic (exact) mass is 422 g/mol. The summed E-state index contributed by atoms with van der Waals surface area (Å²) in [4.78, 5) is 14.4. The fourth-order valence-corrected chi connectivity index (χ4v) is 4.63. The number of hydrogen-bond donors (Lipinski definition) is 1. The van der Waals surface area contributed by atoms with Crippen LogP contribution in [0, 0.1) is 6.92 Å². The lowest BCUT2D eigenvalue weighted by Crippen LogP contribution is -2.38. The predicted octanol–water partition coefficient (Wildman–Crippen LogP) is 2.74. The molecule has 1 aromatic carbocycles. The van der Waals surface area contributed by atoms with E-state index >= 15 is 0 Å². The Morgan fingerprint density at radius 1 is 1.46 bits per heavy atom. The minimum atomic E-state index is 0.0121. The average molecular weight is 423 g/mol. The van der Waals surface area contributed by atoms with E-state index in [9.17, 15) is 4.79 Å². The standard InChI is InChI=1S/C19H26N4O3S2/c1-4-15-11-23(10-14-9-16(25-3)5-6-17(14)26-15)8-7-20-18(24)12-27-19-22-21-13(2)28-19/h5-6,9,15H,4,7-8,10-12H2,1-3H3,(H,20,24)/t15-/m1/s1. The van der Waals surface area contributed by atoms with E-state index in [1.165, 1.54) is 23.1 Å². The first-order chi connectivity index (χ1) is 13.6. The summed E-state index contributed by atoms with van der Waals surface area (Å²) < 4.78 is 12.3. The third-order valence-electron chi connectivity index (χ3n) is 4.46. The Hall–Kier alpha value is -1.84. The fourth-order valence-electron chi connectivity index (χ4n) is 2.98. The molecule has 7 nitrogen and oxygen atoms in total. The summed E-state index contributed by atoms with van der Waals surface area (Å²) in [6.45, 7) is 7.02. The maximum Gasteiger partial charge on any atom is 0.230 e. The number of thioether (sulfide) groups is 1. The number of hydrogen-bond acceptors (Lipinski definition) is 8. The largest absolute Gasteiger partial charge is 0.497 e. The van der Waals surface area contributed by atoms with Gasteiger partial charge in [-0.1, -0.05) is 30.0 Å². The summed E-state index contributed by atoms with van der Waals surface area (Å²) in [6.07, 6.45) is 1.08. The number of fused-ring (bicyclic) bond motifs is 1. The molecule has 0 saturated carbocycles. The van der Waals surface area contributed by atoms with Crippen LogP contribution in [0.4, 0.5) is 0 Å². The molecule has 0 radical (unpaired) electrons. The number of methoxy groups -OCH3 is 1. The van der Waals surface area contributed by atoms with Gasteiger partial charge in [0.15, 0.2) is 4.34 Å². The van der Waals surface area contributed by atoms with Crippen molar-refractivity contribution in [2.24, 2.45) is 0 Å². The molecule has 0 bridgehead atoms. The molecule has 1 aliphatic heterocycles. The van der Waals surface area contributed by atoms with Crippen LogP contribution in [0.25, 0.3) is 0 Å². The maximum atomic E-state index is 12.1. The number of carbonyl (C=O) groups is 1. The Kier molecular flexibility index (Phi) is 7.52. The van der Waals surface area contributed by atoms with E-state index in [1.807, 2.05) is 25.1 Å². The lowest BCUT2D eigenvalue weighted by molar-refractivity contribution is -0.118. The fraction of sp³-hybridized carbons (Fsp3) is 0.526. The third-order valence-corrected chi connectivity index (χ3v) is 6.43. The van der Waals surface area contributed by atoms with Gasteiger partial charge in [-0.15, -0.1) is 10.2 Å². The molecule has 0 aliphatic carbocycles. The number of rotatable bonds is 8. The lowest BCUT2D eigenvalue weighted by Gasteiger charge is -2.23. The Balaban J connectivity index is 1.50. The number of carbonyl (C=O) groups excluding carboxylic acids is 1. The number of ether oxygens (including phenoxy) is 2. The summed E-state index contributed by atoms with van der Waals surface area (Å²) in [6, 6.07) is 5.94. The van der Waals surface area contributed by atoms with Crippen molar-refractivity contribution in [3.63, 3.8) is 0 Å². The van der Waals surface area contributed by atoms with E-state index in [4.69, 9.17) is 9.47 Å². The van der Waals surface area contributed by atoms with E-state index < -0.39 is 0 Å². The molecule has 1 aliphatic rings. The van der Waals surface area contributed by atoms with Gasteiger partial charge < -0.3 is 14.8 Å². The predicted molar refractivity (Wildman–Crippen MR) is 111 cm³/mol. The van der Waals surface area contributed by atoms with E-state index in [1.54, 1.807) is 7.11 Å². The normalized spacial score (nSPS) is 16.8. The second-order valence-electron chi connectivity index (χ2n) is 6.58. The van der Waals surface area contributed by atoms with Gasteiger partial charge in [-0.2, -0.15) is 0 Å². The van der Waals surface area contributed by atoms with Gasteiger partial charge in [0.1, 0.15) is 22.6 Å². The van der Waals surface area contributed by atoms with Crippen LogP contribution in [-0.4, -0.2) is 59.6 Å². The van der Waals surface area contributed by atoms with E-state index in [-0.39, 0.29) is 12.0 Å². The van der Waals surface area contributed by atoms with Crippen LogP contribution >= 0.6 is 23.1 Å². The molecule has 1 aromatic heterocycles. The van der Waals surface area contributed by atoms with Crippen molar-refractivity contribution >= 4 is 29.0 Å². The Bertz CT molecular complexity index is 799. The van der Waals surface area contributed by atoms with E-state index in [2.05, 4.69) is 27.3 Å². The molecular formula is C19H26N4O3S2. The van der Waals surface area contributed by atoms with E-state index in [0.717, 1.165) is 52.5 Å². The average Bonchev–Trinajstić information content (AvgIpc) is 3.02. The summed E-state index contributed by atoms with van der Waals surface area (Å²) in [5, 5.41) is 11.9. The Labute approximate surface area is 173 Å². The minimum absolute atomic E-state index is 0.0121. The molecule has 1 atom stereocenters. The molecule has 0 saturated heterocycles. The molecule has 1 amide bonds. The van der Waals surface area contributed by atoms with Crippen molar-refractivity contribution < 1.29 is 14.3 Å². The first-order valence-electron chi connectivity index (χ1n) is 9.33. The SMILES string of the molecule is CC[C@@H]1CN(CCNC(=O)CSc2nnc(C)s2)Cc2cc(OC)ccc2O1. The van der Waals surface area contributed by atoms with Gasteiger partial charge in [0, 0.05) is 31.7 Å². The molecule has 9 heteroatoms. The molecule has 0 fully saturated rings.